The van der Waals surface area contributed by atoms with Crippen molar-refractivity contribution in [1.29, 1.82) is 0 Å². The van der Waals surface area contributed by atoms with Crippen LogP contribution in [0, 0.1) is 11.8 Å². The number of nitrogens with one attached hydrogen (secondary N) is 3. The van der Waals surface area contributed by atoms with Crippen LogP contribution in [0.4, 0.5) is 4.79 Å². The average Bonchev–Trinajstić information content (AvgIpc) is 2.35. The van der Waals surface area contributed by atoms with Crippen molar-refractivity contribution < 1.29 is 19.1 Å². The van der Waals surface area contributed by atoms with Gasteiger partial charge in [-0.05, 0) is 11.8 Å². The van der Waals surface area contributed by atoms with Gasteiger partial charge in [0.15, 0.2) is 0 Å². The van der Waals surface area contributed by atoms with Crippen LogP contribution in [0.2, 0.25) is 0 Å². The number of carbonyl (C=O) groups excluding carboxylic acids is 3. The summed E-state index contributed by atoms with van der Waals surface area (Å²) < 4.78 is 4.64. The monoisotopic (exact) mass is 287 g/mol. The molecule has 0 fully saturated rings. The summed E-state index contributed by atoms with van der Waals surface area (Å²) in [4.78, 5) is 34.4. The molecule has 1 atom stereocenters. The fourth-order valence-corrected chi connectivity index (χ4v) is 1.43. The molecule has 0 aromatic rings. The Kier molecular flexibility index (Phi) is 8.54. The Balaban J connectivity index is 4.13. The largest absolute Gasteiger partial charge is 0.468 e. The van der Waals surface area contributed by atoms with E-state index < -0.39 is 23.9 Å². The van der Waals surface area contributed by atoms with Crippen LogP contribution in [0.3, 0.4) is 0 Å². The summed E-state index contributed by atoms with van der Waals surface area (Å²) in [5.74, 6) is -0.651. The maximum atomic E-state index is 11.5. The summed E-state index contributed by atoms with van der Waals surface area (Å²) in [5, 5.41) is 7.52. The molecule has 0 aliphatic heterocycles. The van der Waals surface area contributed by atoms with Crippen molar-refractivity contribution in [3.63, 3.8) is 0 Å². The van der Waals surface area contributed by atoms with Crippen molar-refractivity contribution in [3.05, 3.63) is 0 Å². The van der Waals surface area contributed by atoms with Gasteiger partial charge in [-0.3, -0.25) is 20.2 Å². The minimum atomic E-state index is -0.579. The molecular weight excluding hydrogens is 262 g/mol. The second-order valence-electron chi connectivity index (χ2n) is 5.28. The Morgan fingerprint density at radius 3 is 2.15 bits per heavy atom. The first kappa shape index (κ1) is 18.4. The van der Waals surface area contributed by atoms with E-state index in [0.717, 1.165) is 0 Å². The third kappa shape index (κ3) is 7.73. The van der Waals surface area contributed by atoms with E-state index in [-0.39, 0.29) is 12.5 Å². The van der Waals surface area contributed by atoms with Gasteiger partial charge in [0.1, 0.15) is 6.04 Å². The van der Waals surface area contributed by atoms with E-state index >= 15 is 0 Å². The Bertz CT molecular complexity index is 343. The zero-order chi connectivity index (χ0) is 15.7. The van der Waals surface area contributed by atoms with Crippen LogP contribution in [0.25, 0.3) is 0 Å². The van der Waals surface area contributed by atoms with E-state index in [1.165, 1.54) is 7.11 Å². The van der Waals surface area contributed by atoms with Gasteiger partial charge in [-0.1, -0.05) is 27.7 Å². The standard InChI is InChI=1S/C13H25N3O4/c1-8(2)6-15-13(19)16-10(17)7-14-11(9(3)4)12(18)20-5/h8-9,11,14H,6-7H2,1-5H3,(H2,15,16,17,19). The predicted molar refractivity (Wildman–Crippen MR) is 75.0 cm³/mol. The third-order valence-electron chi connectivity index (χ3n) is 2.53. The second-order valence-corrected chi connectivity index (χ2v) is 5.28. The highest BCUT2D eigenvalue weighted by Gasteiger charge is 2.23. The van der Waals surface area contributed by atoms with Crippen LogP contribution in [0.1, 0.15) is 27.7 Å². The number of carbonyl (C=O) groups is 3. The summed E-state index contributed by atoms with van der Waals surface area (Å²) >= 11 is 0. The lowest BCUT2D eigenvalue weighted by molar-refractivity contribution is -0.144. The normalized spacial score (nSPS) is 12.2. The quantitative estimate of drug-likeness (QED) is 0.583. The molecular formula is C13H25N3O4. The fraction of sp³-hybridized carbons (Fsp3) is 0.769. The Morgan fingerprint density at radius 2 is 1.70 bits per heavy atom. The van der Waals surface area contributed by atoms with Gasteiger partial charge in [-0.2, -0.15) is 0 Å². The molecule has 0 saturated heterocycles. The smallest absolute Gasteiger partial charge is 0.323 e. The summed E-state index contributed by atoms with van der Waals surface area (Å²) in [5.41, 5.74) is 0. The van der Waals surface area contributed by atoms with E-state index in [0.29, 0.717) is 12.5 Å². The highest BCUT2D eigenvalue weighted by atomic mass is 16.5. The number of ether oxygens (including phenoxy) is 1. The number of methoxy groups -OCH3 is 1. The van der Waals surface area contributed by atoms with Gasteiger partial charge in [-0.15, -0.1) is 0 Å². The van der Waals surface area contributed by atoms with Gasteiger partial charge in [0.25, 0.3) is 0 Å². The summed E-state index contributed by atoms with van der Waals surface area (Å²) in [6.45, 7) is 7.93. The molecule has 0 aromatic heterocycles. The maximum Gasteiger partial charge on any atom is 0.323 e. The molecule has 0 radical (unpaired) electrons. The number of imide groups is 1. The first-order valence-corrected chi connectivity index (χ1v) is 6.66. The highest BCUT2D eigenvalue weighted by Crippen LogP contribution is 2.02. The fourth-order valence-electron chi connectivity index (χ4n) is 1.43. The number of urea groups is 1. The van der Waals surface area contributed by atoms with E-state index in [4.69, 9.17) is 0 Å². The van der Waals surface area contributed by atoms with Crippen LogP contribution in [-0.4, -0.2) is 44.1 Å². The van der Waals surface area contributed by atoms with Crippen LogP contribution >= 0.6 is 0 Å². The second kappa shape index (κ2) is 9.30. The number of hydrogen-bond donors (Lipinski definition) is 3. The molecule has 116 valence electrons. The average molecular weight is 287 g/mol. The molecule has 0 aromatic carbocycles. The number of hydrogen-bond acceptors (Lipinski definition) is 5. The zero-order valence-electron chi connectivity index (χ0n) is 12.8. The minimum absolute atomic E-state index is 0.0231. The van der Waals surface area contributed by atoms with E-state index in [1.807, 2.05) is 27.7 Å². The van der Waals surface area contributed by atoms with Crippen LogP contribution in [-0.2, 0) is 14.3 Å². The number of amides is 3. The molecule has 20 heavy (non-hydrogen) atoms. The summed E-state index contributed by atoms with van der Waals surface area (Å²) in [7, 11) is 1.29. The van der Waals surface area contributed by atoms with Crippen molar-refractivity contribution in [2.75, 3.05) is 20.2 Å². The first-order chi connectivity index (χ1) is 9.27. The molecule has 3 N–H and O–H groups in total. The van der Waals surface area contributed by atoms with Gasteiger partial charge < -0.3 is 10.1 Å². The van der Waals surface area contributed by atoms with Gasteiger partial charge >= 0.3 is 12.0 Å². The highest BCUT2D eigenvalue weighted by molar-refractivity contribution is 5.95. The predicted octanol–water partition coefficient (Wildman–Crippen LogP) is 0.255. The number of esters is 1. The molecule has 0 aliphatic carbocycles. The summed E-state index contributed by atoms with van der Waals surface area (Å²) in [6, 6.07) is -1.12. The molecule has 0 spiro atoms. The van der Waals surface area contributed by atoms with Gasteiger partial charge in [0.2, 0.25) is 5.91 Å². The lowest BCUT2D eigenvalue weighted by Gasteiger charge is -2.19. The van der Waals surface area contributed by atoms with Crippen molar-refractivity contribution in [2.24, 2.45) is 11.8 Å². The molecule has 0 heterocycles. The molecule has 0 rings (SSSR count). The molecule has 7 heteroatoms. The van der Waals surface area contributed by atoms with Crippen LogP contribution in [0.5, 0.6) is 0 Å². The number of rotatable bonds is 7. The Labute approximate surface area is 119 Å². The zero-order valence-corrected chi connectivity index (χ0v) is 12.8. The molecule has 0 aliphatic rings. The topological polar surface area (TPSA) is 96.5 Å². The van der Waals surface area contributed by atoms with Crippen molar-refractivity contribution in [3.8, 4) is 0 Å². The van der Waals surface area contributed by atoms with Crippen molar-refractivity contribution >= 4 is 17.9 Å². The van der Waals surface area contributed by atoms with Gasteiger partial charge in [0, 0.05) is 6.54 Å². The van der Waals surface area contributed by atoms with Crippen LogP contribution < -0.4 is 16.0 Å². The minimum Gasteiger partial charge on any atom is -0.468 e. The van der Waals surface area contributed by atoms with Crippen molar-refractivity contribution in [2.45, 2.75) is 33.7 Å². The van der Waals surface area contributed by atoms with Gasteiger partial charge in [0.05, 0.1) is 13.7 Å². The summed E-state index contributed by atoms with van der Waals surface area (Å²) in [6.07, 6.45) is 0. The lowest BCUT2D eigenvalue weighted by Crippen LogP contribution is -2.49. The van der Waals surface area contributed by atoms with Crippen LogP contribution in [0.15, 0.2) is 0 Å². The molecule has 0 saturated carbocycles. The van der Waals surface area contributed by atoms with E-state index in [1.54, 1.807) is 0 Å². The SMILES string of the molecule is COC(=O)C(NCC(=O)NC(=O)NCC(C)C)C(C)C. The Morgan fingerprint density at radius 1 is 1.10 bits per heavy atom. The molecule has 7 nitrogen and oxygen atoms in total. The lowest BCUT2D eigenvalue weighted by atomic mass is 10.0. The Hall–Kier alpha value is -1.63. The van der Waals surface area contributed by atoms with Crippen molar-refractivity contribution in [1.82, 2.24) is 16.0 Å². The molecule has 1 unspecified atom stereocenters. The molecule has 3 amide bonds. The molecule has 0 bridgehead atoms. The maximum absolute atomic E-state index is 11.5. The van der Waals surface area contributed by atoms with E-state index in [9.17, 15) is 14.4 Å². The first-order valence-electron chi connectivity index (χ1n) is 6.66. The third-order valence-corrected chi connectivity index (χ3v) is 2.53. The van der Waals surface area contributed by atoms with Gasteiger partial charge in [-0.25, -0.2) is 4.79 Å². The van der Waals surface area contributed by atoms with E-state index in [2.05, 4.69) is 20.7 Å².